The van der Waals surface area contributed by atoms with Gasteiger partial charge in [-0.2, -0.15) is 0 Å². The Bertz CT molecular complexity index is 1100. The van der Waals surface area contributed by atoms with Crippen molar-refractivity contribution < 1.29 is 78.9 Å². The molecule has 0 fully saturated rings. The Hall–Kier alpha value is -2.08. The monoisotopic (exact) mass is 441 g/mol. The van der Waals surface area contributed by atoms with Gasteiger partial charge < -0.3 is 34.8 Å². The van der Waals surface area contributed by atoms with Gasteiger partial charge in [0.25, 0.3) is 5.56 Å². The van der Waals surface area contributed by atoms with Gasteiger partial charge in [-0.25, -0.2) is 9.78 Å². The number of pyridine rings is 1. The first-order chi connectivity index (χ1) is 13.8. The van der Waals surface area contributed by atoms with Gasteiger partial charge in [-0.15, -0.1) is 0 Å². The van der Waals surface area contributed by atoms with E-state index in [0.717, 1.165) is 10.6 Å². The summed E-state index contributed by atoms with van der Waals surface area (Å²) in [4.78, 5) is 39.6. The summed E-state index contributed by atoms with van der Waals surface area (Å²) >= 11 is 0. The number of aliphatic carboxylic acids is 1. The molecule has 0 unspecified atom stereocenters. The summed E-state index contributed by atoms with van der Waals surface area (Å²) in [7, 11) is 1.44. The number of imidazole rings is 1. The molecular weight excluding hydrogens is 424 g/mol. The first-order valence-electron chi connectivity index (χ1n) is 8.57. The molecule has 150 valence electrons. The van der Waals surface area contributed by atoms with Crippen molar-refractivity contribution in [1.82, 2.24) is 19.4 Å². The number of rotatable bonds is 6. The Morgan fingerprint density at radius 3 is 2.58 bits per heavy atom. The molecule has 12 heteroatoms. The normalized spacial score (nSPS) is 10.9. The zero-order valence-corrected chi connectivity index (χ0v) is 21.4. The molecule has 0 aliphatic heterocycles. The van der Waals surface area contributed by atoms with E-state index >= 15 is 0 Å². The van der Waals surface area contributed by atoms with Gasteiger partial charge in [-0.3, -0.25) is 4.79 Å². The van der Waals surface area contributed by atoms with E-state index in [-0.39, 0.29) is 59.1 Å². The van der Waals surface area contributed by atoms with Crippen LogP contribution in [0.2, 0.25) is 0 Å². The van der Waals surface area contributed by atoms with Crippen molar-refractivity contribution in [2.24, 2.45) is 7.05 Å². The van der Waals surface area contributed by atoms with Crippen LogP contribution in [0.15, 0.2) is 60.0 Å². The maximum atomic E-state index is 12.4. The smallest absolute Gasteiger partial charge is 0.871 e. The van der Waals surface area contributed by atoms with Gasteiger partial charge in [0.1, 0.15) is 5.69 Å². The molecule has 0 bridgehead atoms. The Morgan fingerprint density at radius 1 is 1.19 bits per heavy atom. The Balaban J connectivity index is 0.00000240. The molecule has 0 radical (unpaired) electrons. The molecule has 0 spiro atoms. The fraction of sp³-hybridized carbons (Fsp3) is 0.158. The Kier molecular flexibility index (Phi) is 10.5. The number of nitrogens with zero attached hydrogens (tertiary/aromatic N) is 3. The van der Waals surface area contributed by atoms with E-state index in [1.807, 2.05) is 0 Å². The van der Waals surface area contributed by atoms with E-state index < -0.39 is 41.5 Å². The standard InChI is InChI=1S/C19H19N5O5.2Na/c1-23-7-5-15(25)17(18(23)28)22-19(29)21-14(10-16(26)27)12-3-2-4-13(9-12)24-8-6-20-11-24;;/h2-9,11,14,25H,10H2,1H3,(H,26,27)(H2,21,22,29);;/q;2*+1/p-2/t14-;;/m0../s1. The summed E-state index contributed by atoms with van der Waals surface area (Å²) < 4.78 is 2.86. The topological polar surface area (TPSA) is 144 Å². The summed E-state index contributed by atoms with van der Waals surface area (Å²) in [6, 6.07) is 6.14. The van der Waals surface area contributed by atoms with Crippen molar-refractivity contribution in [2.75, 3.05) is 5.32 Å². The van der Waals surface area contributed by atoms with E-state index in [2.05, 4.69) is 15.6 Å². The van der Waals surface area contributed by atoms with E-state index in [1.54, 1.807) is 47.6 Å². The van der Waals surface area contributed by atoms with E-state index in [9.17, 15) is 24.6 Å². The number of hydrogen-bond donors (Lipinski definition) is 2. The third kappa shape index (κ3) is 6.96. The second-order valence-corrected chi connectivity index (χ2v) is 6.26. The average Bonchev–Trinajstić information content (AvgIpc) is 3.22. The minimum atomic E-state index is -1.37. The van der Waals surface area contributed by atoms with Gasteiger partial charge in [-0.1, -0.05) is 23.9 Å². The number of carboxylic acid groups (broad SMARTS) is 1. The van der Waals surface area contributed by atoms with Crippen molar-refractivity contribution in [3.63, 3.8) is 0 Å². The predicted octanol–water partition coefficient (Wildman–Crippen LogP) is -6.34. The molecule has 0 saturated heterocycles. The maximum absolute atomic E-state index is 12.4. The van der Waals surface area contributed by atoms with E-state index in [1.165, 1.54) is 13.2 Å². The van der Waals surface area contributed by atoms with Crippen molar-refractivity contribution in [1.29, 1.82) is 0 Å². The zero-order valence-electron chi connectivity index (χ0n) is 17.4. The summed E-state index contributed by atoms with van der Waals surface area (Å²) in [5.41, 5.74) is 0.112. The van der Waals surface area contributed by atoms with Crippen LogP contribution in [0.4, 0.5) is 10.5 Å². The molecule has 2 N–H and O–H groups in total. The summed E-state index contributed by atoms with van der Waals surface area (Å²) in [5, 5.41) is 27.7. The fourth-order valence-corrected chi connectivity index (χ4v) is 2.77. The molecule has 2 amide bonds. The number of anilines is 1. The minimum Gasteiger partial charge on any atom is -0.871 e. The van der Waals surface area contributed by atoms with Crippen LogP contribution >= 0.6 is 0 Å². The van der Waals surface area contributed by atoms with Gasteiger partial charge in [0.05, 0.1) is 12.4 Å². The van der Waals surface area contributed by atoms with Crippen molar-refractivity contribution in [3.8, 4) is 11.4 Å². The Labute approximate surface area is 221 Å². The van der Waals surface area contributed by atoms with E-state index in [4.69, 9.17) is 0 Å². The number of benzene rings is 1. The minimum absolute atomic E-state index is 0. The first-order valence-corrected chi connectivity index (χ1v) is 8.57. The Morgan fingerprint density at radius 2 is 1.94 bits per heavy atom. The molecule has 0 saturated carbocycles. The number of hydrogen-bond acceptors (Lipinski definition) is 6. The average molecular weight is 441 g/mol. The van der Waals surface area contributed by atoms with Crippen LogP contribution in [0.5, 0.6) is 5.75 Å². The van der Waals surface area contributed by atoms with Gasteiger partial charge >= 0.3 is 65.1 Å². The summed E-state index contributed by atoms with van der Waals surface area (Å²) in [6.45, 7) is 0. The van der Waals surface area contributed by atoms with Crippen LogP contribution in [0, 0.1) is 0 Å². The number of carbonyl (C=O) groups excluding carboxylic acids is 2. The molecule has 3 aromatic rings. The number of amides is 2. The van der Waals surface area contributed by atoms with Crippen LogP contribution in [-0.2, 0) is 11.8 Å². The van der Waals surface area contributed by atoms with Crippen LogP contribution in [0.25, 0.3) is 5.69 Å². The largest absolute Gasteiger partial charge is 1.00 e. The second kappa shape index (κ2) is 12.1. The predicted molar refractivity (Wildman–Crippen MR) is 99.2 cm³/mol. The first kappa shape index (κ1) is 27.0. The van der Waals surface area contributed by atoms with Gasteiger partial charge in [0.15, 0.2) is 0 Å². The van der Waals surface area contributed by atoms with Crippen molar-refractivity contribution in [3.05, 3.63) is 71.2 Å². The molecule has 2 heterocycles. The number of urea groups is 1. The maximum Gasteiger partial charge on any atom is 1.00 e. The van der Waals surface area contributed by atoms with Gasteiger partial charge in [0, 0.05) is 43.7 Å². The number of carboxylic acids is 1. The number of aromatic nitrogens is 3. The van der Waals surface area contributed by atoms with Gasteiger partial charge in [-0.05, 0) is 17.7 Å². The molecule has 1 atom stereocenters. The number of aryl methyl sites for hydroxylation is 1. The van der Waals surface area contributed by atoms with Crippen LogP contribution < -0.4 is 85.5 Å². The number of carbonyl (C=O) groups is 2. The molecule has 10 nitrogen and oxygen atoms in total. The third-order valence-corrected chi connectivity index (χ3v) is 4.22. The molecular formula is C19H17N5Na2O5. The van der Waals surface area contributed by atoms with Crippen molar-refractivity contribution >= 4 is 17.7 Å². The van der Waals surface area contributed by atoms with Gasteiger partial charge in [0.2, 0.25) is 0 Å². The van der Waals surface area contributed by atoms with Crippen molar-refractivity contribution in [2.45, 2.75) is 12.5 Å². The molecule has 3 rings (SSSR count). The number of nitrogens with one attached hydrogen (secondary N) is 2. The van der Waals surface area contributed by atoms with Crippen LogP contribution in [0.3, 0.4) is 0 Å². The molecule has 1 aromatic carbocycles. The summed E-state index contributed by atoms with van der Waals surface area (Å²) in [6.07, 6.45) is 5.67. The van der Waals surface area contributed by atoms with Crippen LogP contribution in [-0.4, -0.2) is 26.1 Å². The van der Waals surface area contributed by atoms with Crippen LogP contribution in [0.1, 0.15) is 18.0 Å². The zero-order chi connectivity index (χ0) is 21.0. The molecule has 0 aliphatic rings. The summed E-state index contributed by atoms with van der Waals surface area (Å²) in [5.74, 6) is -2.02. The SMILES string of the molecule is Cn1ccc([O-])c(NC(=O)N[C@@H](CC(=O)[O-])c2cccc(-n3ccnc3)c2)c1=O.[Na+].[Na+]. The molecule has 2 aromatic heterocycles. The third-order valence-electron chi connectivity index (χ3n) is 4.22. The molecule has 31 heavy (non-hydrogen) atoms. The van der Waals surface area contributed by atoms with E-state index in [0.29, 0.717) is 11.3 Å². The molecule has 0 aliphatic carbocycles. The fourth-order valence-electron chi connectivity index (χ4n) is 2.77. The quantitative estimate of drug-likeness (QED) is 0.364. The second-order valence-electron chi connectivity index (χ2n) is 6.26.